The Morgan fingerprint density at radius 3 is 2.67 bits per heavy atom. The first-order valence-electron chi connectivity index (χ1n) is 8.24. The SMILES string of the molecule is Cc1ccc(OCc2noc(SCC(=O)NCc3ccc(Cl)cc3)n2)cc1. The Balaban J connectivity index is 1.40. The fraction of sp³-hybridized carbons (Fsp3) is 0.211. The van der Waals surface area contributed by atoms with Crippen LogP contribution in [0.3, 0.4) is 0 Å². The fourth-order valence-electron chi connectivity index (χ4n) is 2.12. The van der Waals surface area contributed by atoms with Gasteiger partial charge in [0.15, 0.2) is 6.61 Å². The molecule has 0 bridgehead atoms. The molecule has 0 aliphatic carbocycles. The molecule has 140 valence electrons. The Bertz CT molecular complexity index is 882. The van der Waals surface area contributed by atoms with Crippen LogP contribution < -0.4 is 10.1 Å². The average molecular weight is 404 g/mol. The van der Waals surface area contributed by atoms with E-state index in [1.54, 1.807) is 12.1 Å². The Hall–Kier alpha value is -2.51. The molecule has 1 N–H and O–H groups in total. The van der Waals surface area contributed by atoms with Gasteiger partial charge in [0.2, 0.25) is 11.7 Å². The number of thioether (sulfide) groups is 1. The van der Waals surface area contributed by atoms with E-state index in [4.69, 9.17) is 20.9 Å². The molecule has 0 aliphatic rings. The van der Waals surface area contributed by atoms with Crippen LogP contribution in [-0.4, -0.2) is 21.8 Å². The van der Waals surface area contributed by atoms with Crippen LogP contribution in [0.15, 0.2) is 58.3 Å². The molecule has 0 spiro atoms. The van der Waals surface area contributed by atoms with Crippen LogP contribution in [0.1, 0.15) is 17.0 Å². The van der Waals surface area contributed by atoms with Crippen molar-refractivity contribution in [2.24, 2.45) is 0 Å². The van der Waals surface area contributed by atoms with Crippen molar-refractivity contribution < 1.29 is 14.1 Å². The van der Waals surface area contributed by atoms with E-state index in [1.807, 2.05) is 43.3 Å². The van der Waals surface area contributed by atoms with Crippen LogP contribution >= 0.6 is 23.4 Å². The van der Waals surface area contributed by atoms with Gasteiger partial charge in [0.25, 0.3) is 5.22 Å². The second-order valence-electron chi connectivity index (χ2n) is 5.77. The van der Waals surface area contributed by atoms with Gasteiger partial charge in [-0.25, -0.2) is 0 Å². The molecule has 0 saturated heterocycles. The number of benzene rings is 2. The highest BCUT2D eigenvalue weighted by molar-refractivity contribution is 7.99. The monoisotopic (exact) mass is 403 g/mol. The summed E-state index contributed by atoms with van der Waals surface area (Å²) in [5, 5.41) is 7.68. The third-order valence-corrected chi connectivity index (χ3v) is 4.64. The number of halogens is 1. The van der Waals surface area contributed by atoms with E-state index in [0.29, 0.717) is 22.6 Å². The maximum absolute atomic E-state index is 11.9. The molecular formula is C19H18ClN3O3S. The predicted octanol–water partition coefficient (Wildman–Crippen LogP) is 4.02. The van der Waals surface area contributed by atoms with Gasteiger partial charge in [0.1, 0.15) is 5.75 Å². The van der Waals surface area contributed by atoms with Gasteiger partial charge >= 0.3 is 0 Å². The lowest BCUT2D eigenvalue weighted by atomic mass is 10.2. The Morgan fingerprint density at radius 2 is 1.93 bits per heavy atom. The summed E-state index contributed by atoms with van der Waals surface area (Å²) < 4.78 is 10.7. The molecule has 1 heterocycles. The van der Waals surface area contributed by atoms with Crippen molar-refractivity contribution in [1.29, 1.82) is 0 Å². The first-order valence-corrected chi connectivity index (χ1v) is 9.61. The summed E-state index contributed by atoms with van der Waals surface area (Å²) in [5.74, 6) is 1.24. The minimum atomic E-state index is -0.120. The lowest BCUT2D eigenvalue weighted by molar-refractivity contribution is -0.118. The molecule has 2 aromatic carbocycles. The third-order valence-electron chi connectivity index (χ3n) is 3.57. The first kappa shape index (κ1) is 19.3. The average Bonchev–Trinajstić information content (AvgIpc) is 3.13. The number of hydrogen-bond donors (Lipinski definition) is 1. The highest BCUT2D eigenvalue weighted by Crippen LogP contribution is 2.17. The molecule has 3 aromatic rings. The van der Waals surface area contributed by atoms with Crippen molar-refractivity contribution >= 4 is 29.3 Å². The number of carbonyl (C=O) groups is 1. The molecule has 0 saturated carbocycles. The smallest absolute Gasteiger partial charge is 0.286 e. The molecule has 0 aliphatic heterocycles. The standard InChI is InChI=1S/C19H18ClN3O3S/c1-13-2-8-16(9-3-13)25-11-17-22-19(26-23-17)27-12-18(24)21-10-14-4-6-15(20)7-5-14/h2-9H,10-12H2,1H3,(H,21,24). The number of aryl methyl sites for hydroxylation is 1. The van der Waals surface area contributed by atoms with Crippen LogP contribution in [0.4, 0.5) is 0 Å². The minimum Gasteiger partial charge on any atom is -0.485 e. The van der Waals surface area contributed by atoms with E-state index in [2.05, 4.69) is 15.5 Å². The second kappa shape index (κ2) is 9.43. The highest BCUT2D eigenvalue weighted by atomic mass is 35.5. The van der Waals surface area contributed by atoms with E-state index in [-0.39, 0.29) is 18.3 Å². The summed E-state index contributed by atoms with van der Waals surface area (Å²) in [7, 11) is 0. The van der Waals surface area contributed by atoms with Gasteiger partial charge in [-0.1, -0.05) is 58.3 Å². The van der Waals surface area contributed by atoms with Crippen LogP contribution in [-0.2, 0) is 17.9 Å². The van der Waals surface area contributed by atoms with Gasteiger partial charge in [-0.15, -0.1) is 0 Å². The quantitative estimate of drug-likeness (QED) is 0.572. The zero-order valence-electron chi connectivity index (χ0n) is 14.6. The molecule has 27 heavy (non-hydrogen) atoms. The topological polar surface area (TPSA) is 77.2 Å². The number of amides is 1. The number of aromatic nitrogens is 2. The fourth-order valence-corrected chi connectivity index (χ4v) is 2.86. The van der Waals surface area contributed by atoms with Gasteiger partial charge in [-0.05, 0) is 36.8 Å². The van der Waals surface area contributed by atoms with E-state index in [0.717, 1.165) is 16.9 Å². The van der Waals surface area contributed by atoms with Crippen LogP contribution in [0.2, 0.25) is 5.02 Å². The normalized spacial score (nSPS) is 10.6. The number of hydrogen-bond acceptors (Lipinski definition) is 6. The lowest BCUT2D eigenvalue weighted by Crippen LogP contribution is -2.24. The number of nitrogens with one attached hydrogen (secondary N) is 1. The maximum atomic E-state index is 11.9. The van der Waals surface area contributed by atoms with Crippen molar-refractivity contribution in [1.82, 2.24) is 15.5 Å². The first-order chi connectivity index (χ1) is 13.1. The minimum absolute atomic E-state index is 0.120. The van der Waals surface area contributed by atoms with Crippen molar-refractivity contribution in [3.8, 4) is 5.75 Å². The van der Waals surface area contributed by atoms with Gasteiger partial charge < -0.3 is 14.6 Å². The van der Waals surface area contributed by atoms with Crippen LogP contribution in [0.5, 0.6) is 5.75 Å². The molecule has 0 unspecified atom stereocenters. The zero-order valence-corrected chi connectivity index (χ0v) is 16.2. The Labute approximate surface area is 166 Å². The van der Waals surface area contributed by atoms with Gasteiger partial charge in [-0.3, -0.25) is 4.79 Å². The molecule has 0 fully saturated rings. The van der Waals surface area contributed by atoms with Crippen molar-refractivity contribution in [2.75, 3.05) is 5.75 Å². The molecule has 8 heteroatoms. The molecule has 3 rings (SSSR count). The molecule has 1 aromatic heterocycles. The van der Waals surface area contributed by atoms with Crippen molar-refractivity contribution in [3.05, 3.63) is 70.5 Å². The second-order valence-corrected chi connectivity index (χ2v) is 7.13. The van der Waals surface area contributed by atoms with E-state index >= 15 is 0 Å². The lowest BCUT2D eigenvalue weighted by Gasteiger charge is -2.04. The number of nitrogens with zero attached hydrogens (tertiary/aromatic N) is 2. The third kappa shape index (κ3) is 6.30. The van der Waals surface area contributed by atoms with Crippen LogP contribution in [0, 0.1) is 6.92 Å². The van der Waals surface area contributed by atoms with Gasteiger partial charge in [-0.2, -0.15) is 4.98 Å². The predicted molar refractivity (Wildman–Crippen MR) is 104 cm³/mol. The largest absolute Gasteiger partial charge is 0.485 e. The van der Waals surface area contributed by atoms with Crippen molar-refractivity contribution in [3.63, 3.8) is 0 Å². The zero-order chi connectivity index (χ0) is 19.1. The van der Waals surface area contributed by atoms with Crippen LogP contribution in [0.25, 0.3) is 0 Å². The summed E-state index contributed by atoms with van der Waals surface area (Å²) in [6.45, 7) is 2.66. The molecule has 0 radical (unpaired) electrons. The number of rotatable bonds is 8. The Kier molecular flexibility index (Phi) is 6.73. The number of ether oxygens (including phenoxy) is 1. The van der Waals surface area contributed by atoms with Crippen molar-refractivity contribution in [2.45, 2.75) is 25.3 Å². The summed E-state index contributed by atoms with van der Waals surface area (Å²) >= 11 is 7.02. The van der Waals surface area contributed by atoms with E-state index in [1.165, 1.54) is 11.8 Å². The van der Waals surface area contributed by atoms with Gasteiger partial charge in [0, 0.05) is 11.6 Å². The summed E-state index contributed by atoms with van der Waals surface area (Å²) in [6, 6.07) is 15.0. The molecular weight excluding hydrogens is 386 g/mol. The summed E-state index contributed by atoms with van der Waals surface area (Å²) in [5.41, 5.74) is 2.14. The Morgan fingerprint density at radius 1 is 1.19 bits per heavy atom. The molecule has 1 amide bonds. The summed E-state index contributed by atoms with van der Waals surface area (Å²) in [4.78, 5) is 16.1. The molecule has 6 nitrogen and oxygen atoms in total. The molecule has 0 atom stereocenters. The highest BCUT2D eigenvalue weighted by Gasteiger charge is 2.10. The summed E-state index contributed by atoms with van der Waals surface area (Å²) in [6.07, 6.45) is 0. The van der Waals surface area contributed by atoms with Gasteiger partial charge in [0.05, 0.1) is 5.75 Å². The maximum Gasteiger partial charge on any atom is 0.286 e. The number of carbonyl (C=O) groups excluding carboxylic acids is 1. The van der Waals surface area contributed by atoms with E-state index in [9.17, 15) is 4.79 Å². The van der Waals surface area contributed by atoms with E-state index < -0.39 is 0 Å².